The minimum absolute atomic E-state index is 0.810. The molecule has 1 aromatic carbocycles. The van der Waals surface area contributed by atoms with Crippen LogP contribution in [0.3, 0.4) is 0 Å². The monoisotopic (exact) mass is 348 g/mol. The topological polar surface area (TPSA) is 33.1 Å². The number of anilines is 2. The highest BCUT2D eigenvalue weighted by molar-refractivity contribution is 7.73. The van der Waals surface area contributed by atoms with Crippen molar-refractivity contribution in [2.24, 2.45) is 0 Å². The van der Waals surface area contributed by atoms with Crippen molar-refractivity contribution in [3.63, 3.8) is 0 Å². The largest absolute Gasteiger partial charge is 0.330 e. The minimum atomic E-state index is 0.810. The summed E-state index contributed by atoms with van der Waals surface area (Å²) in [4.78, 5) is 2.48. The molecule has 0 unspecified atom stereocenters. The van der Waals surface area contributed by atoms with Crippen LogP contribution in [0.4, 0.5) is 10.8 Å². The van der Waals surface area contributed by atoms with E-state index in [1.165, 1.54) is 37.7 Å². The highest BCUT2D eigenvalue weighted by Gasteiger charge is 2.11. The van der Waals surface area contributed by atoms with Gasteiger partial charge >= 0.3 is 0 Å². The number of benzene rings is 1. The molecule has 3 rings (SSSR count). The molecule has 1 aliphatic heterocycles. The van der Waals surface area contributed by atoms with Crippen molar-refractivity contribution in [1.82, 2.24) is 14.7 Å². The smallest absolute Gasteiger partial charge is 0.209 e. The Labute approximate surface area is 147 Å². The molecule has 1 saturated heterocycles. The second-order valence-electron chi connectivity index (χ2n) is 6.19. The SMILES string of the molecule is Cc1ccc(Nc2nn(CN3CCCCCCC3)c(=S)s2)cc1. The maximum absolute atomic E-state index is 5.49. The summed E-state index contributed by atoms with van der Waals surface area (Å²) >= 11 is 7.03. The molecule has 4 nitrogen and oxygen atoms in total. The lowest BCUT2D eigenvalue weighted by Gasteiger charge is -2.23. The van der Waals surface area contributed by atoms with Gasteiger partial charge in [0.2, 0.25) is 5.13 Å². The van der Waals surface area contributed by atoms with Crippen LogP contribution in [0.25, 0.3) is 0 Å². The van der Waals surface area contributed by atoms with E-state index in [0.29, 0.717) is 0 Å². The van der Waals surface area contributed by atoms with E-state index in [9.17, 15) is 0 Å². The van der Waals surface area contributed by atoms with Gasteiger partial charge < -0.3 is 5.32 Å². The summed E-state index contributed by atoms with van der Waals surface area (Å²) in [5, 5.41) is 8.87. The van der Waals surface area contributed by atoms with Crippen molar-refractivity contribution >= 4 is 34.4 Å². The standard InChI is InChI=1S/C17H24N4S2/c1-14-7-9-15(10-8-14)18-16-19-21(17(22)23-16)13-20-11-5-3-2-4-6-12-20/h7-10H,2-6,11-13H2,1H3,(H,18,19). The summed E-state index contributed by atoms with van der Waals surface area (Å²) < 4.78 is 2.79. The Morgan fingerprint density at radius 1 is 1.09 bits per heavy atom. The third kappa shape index (κ3) is 4.86. The first-order valence-corrected chi connectivity index (χ1v) is 9.57. The van der Waals surface area contributed by atoms with Crippen LogP contribution in [0, 0.1) is 10.9 Å². The predicted molar refractivity (Wildman–Crippen MR) is 100 cm³/mol. The van der Waals surface area contributed by atoms with Crippen molar-refractivity contribution in [1.29, 1.82) is 0 Å². The molecule has 0 bridgehead atoms. The van der Waals surface area contributed by atoms with Gasteiger partial charge in [-0.15, -0.1) is 5.10 Å². The van der Waals surface area contributed by atoms with Gasteiger partial charge in [-0.1, -0.05) is 48.3 Å². The summed E-state index contributed by atoms with van der Waals surface area (Å²) in [5.74, 6) is 0. The molecule has 0 atom stereocenters. The number of aromatic nitrogens is 2. The van der Waals surface area contributed by atoms with Gasteiger partial charge in [0, 0.05) is 5.69 Å². The first-order chi connectivity index (χ1) is 11.2. The highest BCUT2D eigenvalue weighted by Crippen LogP contribution is 2.21. The van der Waals surface area contributed by atoms with Crippen molar-refractivity contribution in [3.05, 3.63) is 33.8 Å². The van der Waals surface area contributed by atoms with E-state index in [0.717, 1.165) is 34.5 Å². The molecule has 0 amide bonds. The molecule has 1 aromatic heterocycles. The number of nitrogens with one attached hydrogen (secondary N) is 1. The normalized spacial score (nSPS) is 16.7. The number of likely N-dealkylation sites (tertiary alicyclic amines) is 1. The second kappa shape index (κ2) is 8.04. The van der Waals surface area contributed by atoms with Crippen LogP contribution in [0.15, 0.2) is 24.3 Å². The molecule has 2 aromatic rings. The fourth-order valence-electron chi connectivity index (χ4n) is 2.85. The number of hydrogen-bond acceptors (Lipinski definition) is 5. The van der Waals surface area contributed by atoms with Gasteiger partial charge in [0.25, 0.3) is 0 Å². The number of rotatable bonds is 4. The zero-order chi connectivity index (χ0) is 16.1. The van der Waals surface area contributed by atoms with Crippen molar-refractivity contribution in [2.75, 3.05) is 18.4 Å². The van der Waals surface area contributed by atoms with Gasteiger partial charge in [-0.25, -0.2) is 4.68 Å². The average Bonchev–Trinajstić information content (AvgIpc) is 2.84. The maximum atomic E-state index is 5.49. The molecule has 2 heterocycles. The molecule has 1 N–H and O–H groups in total. The van der Waals surface area contributed by atoms with Crippen LogP contribution < -0.4 is 5.32 Å². The fraction of sp³-hybridized carbons (Fsp3) is 0.529. The zero-order valence-corrected chi connectivity index (χ0v) is 15.3. The van der Waals surface area contributed by atoms with Gasteiger partial charge in [0.1, 0.15) is 0 Å². The van der Waals surface area contributed by atoms with Crippen LogP contribution in [0.1, 0.15) is 37.7 Å². The molecule has 0 radical (unpaired) electrons. The summed E-state index contributed by atoms with van der Waals surface area (Å²) in [6.45, 7) is 5.21. The highest BCUT2D eigenvalue weighted by atomic mass is 32.1. The van der Waals surface area contributed by atoms with Crippen LogP contribution in [-0.2, 0) is 6.67 Å². The molecule has 124 valence electrons. The first kappa shape index (κ1) is 16.6. The lowest BCUT2D eigenvalue weighted by atomic mass is 10.1. The van der Waals surface area contributed by atoms with Crippen LogP contribution >= 0.6 is 23.6 Å². The van der Waals surface area contributed by atoms with Gasteiger partial charge in [-0.3, -0.25) is 4.90 Å². The van der Waals surface area contributed by atoms with Crippen molar-refractivity contribution < 1.29 is 0 Å². The van der Waals surface area contributed by atoms with Crippen LogP contribution in [-0.4, -0.2) is 27.8 Å². The van der Waals surface area contributed by atoms with Crippen molar-refractivity contribution in [3.8, 4) is 0 Å². The van der Waals surface area contributed by atoms with Gasteiger partial charge in [0.05, 0.1) is 6.67 Å². The third-order valence-electron chi connectivity index (χ3n) is 4.19. The molecular formula is C17H24N4S2. The summed E-state index contributed by atoms with van der Waals surface area (Å²) in [6.07, 6.45) is 6.64. The van der Waals surface area contributed by atoms with Gasteiger partial charge in [-0.05, 0) is 57.2 Å². The molecule has 6 heteroatoms. The Kier molecular flexibility index (Phi) is 5.80. The molecular weight excluding hydrogens is 324 g/mol. The molecule has 1 aliphatic rings. The first-order valence-electron chi connectivity index (χ1n) is 8.35. The molecule has 1 fully saturated rings. The Hall–Kier alpha value is -1.24. The Balaban J connectivity index is 1.65. The van der Waals surface area contributed by atoms with Gasteiger partial charge in [-0.2, -0.15) is 0 Å². The Bertz CT molecular complexity index is 667. The number of aryl methyl sites for hydroxylation is 1. The summed E-state index contributed by atoms with van der Waals surface area (Å²) in [5.41, 5.74) is 2.31. The van der Waals surface area contributed by atoms with E-state index in [2.05, 4.69) is 46.5 Å². The average molecular weight is 349 g/mol. The second-order valence-corrected chi connectivity index (χ2v) is 7.81. The van der Waals surface area contributed by atoms with E-state index in [1.807, 2.05) is 4.68 Å². The lowest BCUT2D eigenvalue weighted by Crippen LogP contribution is -2.30. The van der Waals surface area contributed by atoms with E-state index >= 15 is 0 Å². The van der Waals surface area contributed by atoms with Crippen LogP contribution in [0.5, 0.6) is 0 Å². The number of hydrogen-bond donors (Lipinski definition) is 1. The minimum Gasteiger partial charge on any atom is -0.330 e. The maximum Gasteiger partial charge on any atom is 0.209 e. The van der Waals surface area contributed by atoms with E-state index in [1.54, 1.807) is 11.3 Å². The summed E-state index contributed by atoms with van der Waals surface area (Å²) in [6, 6.07) is 8.34. The quantitative estimate of drug-likeness (QED) is 0.793. The van der Waals surface area contributed by atoms with E-state index in [4.69, 9.17) is 12.2 Å². The number of nitrogens with zero attached hydrogens (tertiary/aromatic N) is 3. The van der Waals surface area contributed by atoms with Gasteiger partial charge in [0.15, 0.2) is 3.95 Å². The fourth-order valence-corrected chi connectivity index (χ4v) is 3.86. The zero-order valence-electron chi connectivity index (χ0n) is 13.6. The lowest BCUT2D eigenvalue weighted by molar-refractivity contribution is 0.189. The van der Waals surface area contributed by atoms with E-state index < -0.39 is 0 Å². The predicted octanol–water partition coefficient (Wildman–Crippen LogP) is 4.95. The molecule has 0 aliphatic carbocycles. The van der Waals surface area contributed by atoms with E-state index in [-0.39, 0.29) is 0 Å². The molecule has 0 saturated carbocycles. The Morgan fingerprint density at radius 2 is 1.74 bits per heavy atom. The summed E-state index contributed by atoms with van der Waals surface area (Å²) in [7, 11) is 0. The molecule has 23 heavy (non-hydrogen) atoms. The molecule has 0 spiro atoms. The Morgan fingerprint density at radius 3 is 2.43 bits per heavy atom. The third-order valence-corrected chi connectivity index (χ3v) is 5.41. The van der Waals surface area contributed by atoms with Crippen LogP contribution in [0.2, 0.25) is 0 Å². The van der Waals surface area contributed by atoms with Crippen molar-refractivity contribution in [2.45, 2.75) is 45.7 Å².